The molecule has 1 aromatic heterocycles. The highest BCUT2D eigenvalue weighted by molar-refractivity contribution is 6.31. The molecule has 90 valence electrons. The third kappa shape index (κ3) is 3.74. The van der Waals surface area contributed by atoms with Crippen molar-refractivity contribution < 1.29 is 0 Å². The second kappa shape index (κ2) is 6.84. The molecule has 3 N–H and O–H groups in total. The number of hydrogen-bond acceptors (Lipinski definition) is 3. The standard InChI is InChI=1S/C12H20ClN3/c1-3-4-9(2)12(16-14)7-10-5-6-15-8-11(10)13/h5-6,8-9,12,16H,3-4,7,14H2,1-2H3. The number of aromatic nitrogens is 1. The van der Waals surface area contributed by atoms with E-state index in [1.165, 1.54) is 6.42 Å². The SMILES string of the molecule is CCCC(C)C(Cc1ccncc1Cl)NN. The summed E-state index contributed by atoms with van der Waals surface area (Å²) in [6.07, 6.45) is 6.62. The molecule has 0 aliphatic rings. The Morgan fingerprint density at radius 1 is 1.56 bits per heavy atom. The van der Waals surface area contributed by atoms with E-state index >= 15 is 0 Å². The van der Waals surface area contributed by atoms with Crippen LogP contribution < -0.4 is 11.3 Å². The van der Waals surface area contributed by atoms with E-state index in [0.717, 1.165) is 18.4 Å². The van der Waals surface area contributed by atoms with Gasteiger partial charge in [0.2, 0.25) is 0 Å². The molecule has 0 aromatic carbocycles. The van der Waals surface area contributed by atoms with Crippen LogP contribution in [0.15, 0.2) is 18.5 Å². The van der Waals surface area contributed by atoms with E-state index in [2.05, 4.69) is 24.3 Å². The molecule has 3 nitrogen and oxygen atoms in total. The number of pyridine rings is 1. The molecule has 4 heteroatoms. The Labute approximate surface area is 102 Å². The number of hydrazine groups is 1. The molecule has 2 atom stereocenters. The first kappa shape index (κ1) is 13.4. The number of halogens is 1. The lowest BCUT2D eigenvalue weighted by molar-refractivity contribution is 0.357. The van der Waals surface area contributed by atoms with E-state index in [4.69, 9.17) is 17.4 Å². The lowest BCUT2D eigenvalue weighted by atomic mass is 9.92. The van der Waals surface area contributed by atoms with Gasteiger partial charge in [0.1, 0.15) is 0 Å². The predicted octanol–water partition coefficient (Wildman–Crippen LogP) is 2.55. The second-order valence-electron chi connectivity index (χ2n) is 4.21. The number of hydrogen-bond donors (Lipinski definition) is 2. The Morgan fingerprint density at radius 2 is 2.31 bits per heavy atom. The molecule has 1 rings (SSSR count). The Morgan fingerprint density at radius 3 is 2.88 bits per heavy atom. The topological polar surface area (TPSA) is 50.9 Å². The van der Waals surface area contributed by atoms with Gasteiger partial charge in [0, 0.05) is 18.4 Å². The molecule has 0 fully saturated rings. The summed E-state index contributed by atoms with van der Waals surface area (Å²) in [6.45, 7) is 4.40. The first-order chi connectivity index (χ1) is 7.69. The fourth-order valence-electron chi connectivity index (χ4n) is 1.89. The Hall–Kier alpha value is -0.640. The van der Waals surface area contributed by atoms with Gasteiger partial charge in [-0.25, -0.2) is 0 Å². The monoisotopic (exact) mass is 241 g/mol. The molecule has 0 amide bonds. The van der Waals surface area contributed by atoms with Gasteiger partial charge in [-0.2, -0.15) is 0 Å². The molecule has 16 heavy (non-hydrogen) atoms. The zero-order valence-corrected chi connectivity index (χ0v) is 10.7. The quantitative estimate of drug-likeness (QED) is 0.595. The maximum atomic E-state index is 6.08. The third-order valence-corrected chi connectivity index (χ3v) is 3.28. The minimum Gasteiger partial charge on any atom is -0.271 e. The Kier molecular flexibility index (Phi) is 5.74. The average molecular weight is 242 g/mol. The molecule has 0 spiro atoms. The van der Waals surface area contributed by atoms with Crippen molar-refractivity contribution >= 4 is 11.6 Å². The van der Waals surface area contributed by atoms with E-state index in [1.54, 1.807) is 12.4 Å². The van der Waals surface area contributed by atoms with Gasteiger partial charge >= 0.3 is 0 Å². The summed E-state index contributed by atoms with van der Waals surface area (Å²) in [5.41, 5.74) is 3.98. The lowest BCUT2D eigenvalue weighted by Crippen LogP contribution is -2.41. The summed E-state index contributed by atoms with van der Waals surface area (Å²) in [5.74, 6) is 6.13. The van der Waals surface area contributed by atoms with Gasteiger partial charge in [0.05, 0.1) is 5.02 Å². The van der Waals surface area contributed by atoms with Gasteiger partial charge < -0.3 is 0 Å². The molecule has 1 heterocycles. The van der Waals surface area contributed by atoms with E-state index in [1.807, 2.05) is 6.07 Å². The van der Waals surface area contributed by atoms with Crippen LogP contribution in [-0.4, -0.2) is 11.0 Å². The minimum atomic E-state index is 0.264. The summed E-state index contributed by atoms with van der Waals surface area (Å²) in [4.78, 5) is 3.98. The van der Waals surface area contributed by atoms with E-state index in [0.29, 0.717) is 10.9 Å². The summed E-state index contributed by atoms with van der Waals surface area (Å²) in [6, 6.07) is 2.21. The molecule has 0 bridgehead atoms. The fourth-order valence-corrected chi connectivity index (χ4v) is 2.08. The fraction of sp³-hybridized carbons (Fsp3) is 0.583. The van der Waals surface area contributed by atoms with Crippen LogP contribution >= 0.6 is 11.6 Å². The van der Waals surface area contributed by atoms with Gasteiger partial charge in [-0.15, -0.1) is 0 Å². The molecule has 2 unspecified atom stereocenters. The van der Waals surface area contributed by atoms with Gasteiger partial charge in [-0.05, 0) is 30.4 Å². The molecule has 0 saturated carbocycles. The minimum absolute atomic E-state index is 0.264. The van der Waals surface area contributed by atoms with Crippen LogP contribution in [0.3, 0.4) is 0 Å². The molecular weight excluding hydrogens is 222 g/mol. The first-order valence-electron chi connectivity index (χ1n) is 5.73. The van der Waals surface area contributed by atoms with Crippen LogP contribution in [0, 0.1) is 5.92 Å². The van der Waals surface area contributed by atoms with Crippen LogP contribution in [0.4, 0.5) is 0 Å². The summed E-state index contributed by atoms with van der Waals surface area (Å²) in [5, 5.41) is 0.714. The zero-order chi connectivity index (χ0) is 12.0. The largest absolute Gasteiger partial charge is 0.271 e. The normalized spacial score (nSPS) is 14.8. The van der Waals surface area contributed by atoms with Crippen LogP contribution in [0.1, 0.15) is 32.3 Å². The van der Waals surface area contributed by atoms with Crippen LogP contribution in [-0.2, 0) is 6.42 Å². The van der Waals surface area contributed by atoms with Crippen molar-refractivity contribution in [2.24, 2.45) is 11.8 Å². The van der Waals surface area contributed by atoms with Gasteiger partial charge in [0.15, 0.2) is 0 Å². The van der Waals surface area contributed by atoms with Gasteiger partial charge in [-0.1, -0.05) is 31.9 Å². The molecule has 1 aromatic rings. The highest BCUT2D eigenvalue weighted by Gasteiger charge is 2.16. The number of nitrogens with zero attached hydrogens (tertiary/aromatic N) is 1. The van der Waals surface area contributed by atoms with Crippen molar-refractivity contribution in [3.63, 3.8) is 0 Å². The summed E-state index contributed by atoms with van der Waals surface area (Å²) >= 11 is 6.08. The summed E-state index contributed by atoms with van der Waals surface area (Å²) < 4.78 is 0. The van der Waals surface area contributed by atoms with Gasteiger partial charge in [0.25, 0.3) is 0 Å². The summed E-state index contributed by atoms with van der Waals surface area (Å²) in [7, 11) is 0. The van der Waals surface area contributed by atoms with Crippen LogP contribution in [0.2, 0.25) is 5.02 Å². The first-order valence-corrected chi connectivity index (χ1v) is 6.11. The number of nitrogens with two attached hydrogens (primary N) is 1. The molecule has 0 radical (unpaired) electrons. The van der Waals surface area contributed by atoms with Crippen molar-refractivity contribution in [3.05, 3.63) is 29.0 Å². The van der Waals surface area contributed by atoms with Crippen LogP contribution in [0.5, 0.6) is 0 Å². The van der Waals surface area contributed by atoms with Crippen molar-refractivity contribution in [1.82, 2.24) is 10.4 Å². The predicted molar refractivity (Wildman–Crippen MR) is 68.1 cm³/mol. The van der Waals surface area contributed by atoms with E-state index in [9.17, 15) is 0 Å². The molecule has 0 aliphatic carbocycles. The van der Waals surface area contributed by atoms with Gasteiger partial charge in [-0.3, -0.25) is 16.3 Å². The third-order valence-electron chi connectivity index (χ3n) is 2.94. The highest BCUT2D eigenvalue weighted by atomic mass is 35.5. The van der Waals surface area contributed by atoms with Crippen molar-refractivity contribution in [2.45, 2.75) is 39.2 Å². The molecular formula is C12H20ClN3. The average Bonchev–Trinajstić information content (AvgIpc) is 2.28. The van der Waals surface area contributed by atoms with E-state index < -0.39 is 0 Å². The van der Waals surface area contributed by atoms with Crippen LogP contribution in [0.25, 0.3) is 0 Å². The maximum absolute atomic E-state index is 6.08. The van der Waals surface area contributed by atoms with E-state index in [-0.39, 0.29) is 6.04 Å². The number of rotatable bonds is 6. The highest BCUT2D eigenvalue weighted by Crippen LogP contribution is 2.19. The molecule has 0 saturated heterocycles. The Balaban J connectivity index is 2.66. The number of nitrogens with one attached hydrogen (secondary N) is 1. The lowest BCUT2D eigenvalue weighted by Gasteiger charge is -2.23. The van der Waals surface area contributed by atoms with Crippen molar-refractivity contribution in [2.75, 3.05) is 0 Å². The van der Waals surface area contributed by atoms with Crippen molar-refractivity contribution in [1.29, 1.82) is 0 Å². The zero-order valence-electron chi connectivity index (χ0n) is 9.91. The molecule has 0 aliphatic heterocycles. The second-order valence-corrected chi connectivity index (χ2v) is 4.62. The Bertz CT molecular complexity index is 317. The maximum Gasteiger partial charge on any atom is 0.0621 e. The smallest absolute Gasteiger partial charge is 0.0621 e. The van der Waals surface area contributed by atoms with Crippen molar-refractivity contribution in [3.8, 4) is 0 Å².